The van der Waals surface area contributed by atoms with Gasteiger partial charge in [-0.25, -0.2) is 0 Å². The van der Waals surface area contributed by atoms with E-state index in [1.54, 1.807) is 13.0 Å². The average molecular weight is 599 g/mol. The second kappa shape index (κ2) is 20.0. The molecule has 0 amide bonds. The standard InChI is InChI=1S/C27H38N2.C9H12O2.Ni/c1-5-9-11-19-27(29-25-17-13-15-23(8-4)21-25)26(18-10-6-2)28-24-16-12-14-22(7-3)20-24;1-3-7-4-5-8(10)9(11)6(7)2;/h12-17,20-21H,5-11,18-19H2,1-4H3;4-5,10-11H,3H2,1-2H3;/q;;+2/p-2. The molecule has 0 N–H and O–H groups in total. The van der Waals surface area contributed by atoms with Gasteiger partial charge in [-0.15, -0.1) is 11.5 Å². The largest absolute Gasteiger partial charge is 2.00 e. The molecule has 0 aromatic heterocycles. The molecule has 0 saturated carbocycles. The fourth-order valence-electron chi connectivity index (χ4n) is 4.51. The molecular formula is C36H48N2NiO2. The minimum atomic E-state index is -0.403. The van der Waals surface area contributed by atoms with Crippen LogP contribution in [0.4, 0.5) is 11.4 Å². The maximum absolute atomic E-state index is 11.0. The van der Waals surface area contributed by atoms with Gasteiger partial charge in [-0.3, -0.25) is 9.98 Å². The Labute approximate surface area is 259 Å². The molecule has 0 radical (unpaired) electrons. The SMILES string of the molecule is CCCCCC(=Nc1cccc(CC)c1)C(CCCC)=Nc1cccc(CC)c1.CCc1ccc([O-])c([O-])c1C.[Ni+2]. The Hall–Kier alpha value is -2.91. The van der Waals surface area contributed by atoms with Gasteiger partial charge in [0.15, 0.2) is 0 Å². The van der Waals surface area contributed by atoms with E-state index in [4.69, 9.17) is 9.98 Å². The second-order valence-corrected chi connectivity index (χ2v) is 10.3. The van der Waals surface area contributed by atoms with Gasteiger partial charge in [0.2, 0.25) is 0 Å². The summed E-state index contributed by atoms with van der Waals surface area (Å²) in [6.07, 6.45) is 10.8. The zero-order chi connectivity index (χ0) is 29.3. The van der Waals surface area contributed by atoms with Gasteiger partial charge >= 0.3 is 16.5 Å². The number of aryl methyl sites for hydroxylation is 3. The molecule has 41 heavy (non-hydrogen) atoms. The van der Waals surface area contributed by atoms with Crippen molar-refractivity contribution >= 4 is 22.8 Å². The van der Waals surface area contributed by atoms with Crippen LogP contribution in [0.3, 0.4) is 0 Å². The third kappa shape index (κ3) is 12.2. The van der Waals surface area contributed by atoms with Gasteiger partial charge in [0.25, 0.3) is 0 Å². The Morgan fingerprint density at radius 2 is 1.15 bits per heavy atom. The molecule has 0 aliphatic carbocycles. The predicted octanol–water partition coefficient (Wildman–Crippen LogP) is 9.13. The van der Waals surface area contributed by atoms with Crippen LogP contribution >= 0.6 is 0 Å². The summed E-state index contributed by atoms with van der Waals surface area (Å²) in [6, 6.07) is 20.3. The molecule has 3 aromatic carbocycles. The van der Waals surface area contributed by atoms with Crippen LogP contribution in [0.1, 0.15) is 102 Å². The van der Waals surface area contributed by atoms with Gasteiger partial charge in [0.05, 0.1) is 22.8 Å². The number of nitrogens with zero attached hydrogens (tertiary/aromatic N) is 2. The van der Waals surface area contributed by atoms with Crippen LogP contribution in [-0.2, 0) is 35.8 Å². The quantitative estimate of drug-likeness (QED) is 0.112. The Morgan fingerprint density at radius 3 is 1.61 bits per heavy atom. The summed E-state index contributed by atoms with van der Waals surface area (Å²) < 4.78 is 0. The van der Waals surface area contributed by atoms with Crippen LogP contribution in [0.2, 0.25) is 0 Å². The molecule has 0 saturated heterocycles. The summed E-state index contributed by atoms with van der Waals surface area (Å²) in [7, 11) is 0. The smallest absolute Gasteiger partial charge is 0.873 e. The normalized spacial score (nSPS) is 11.5. The second-order valence-electron chi connectivity index (χ2n) is 10.3. The van der Waals surface area contributed by atoms with E-state index in [1.807, 2.05) is 6.92 Å². The Balaban J connectivity index is 0.000000588. The van der Waals surface area contributed by atoms with E-state index in [0.717, 1.165) is 61.2 Å². The first-order valence-electron chi connectivity index (χ1n) is 15.2. The monoisotopic (exact) mass is 598 g/mol. The number of hydrogen-bond acceptors (Lipinski definition) is 4. The third-order valence-electron chi connectivity index (χ3n) is 7.15. The van der Waals surface area contributed by atoms with E-state index < -0.39 is 5.75 Å². The number of unbranched alkanes of at least 4 members (excludes halogenated alkanes) is 3. The van der Waals surface area contributed by atoms with Crippen LogP contribution in [-0.4, -0.2) is 11.4 Å². The maximum Gasteiger partial charge on any atom is 2.00 e. The molecular weight excluding hydrogens is 551 g/mol. The molecule has 0 spiro atoms. The van der Waals surface area contributed by atoms with Crippen molar-refractivity contribution in [1.29, 1.82) is 0 Å². The van der Waals surface area contributed by atoms with E-state index in [-0.39, 0.29) is 22.2 Å². The van der Waals surface area contributed by atoms with Gasteiger partial charge in [-0.05, 0) is 92.8 Å². The summed E-state index contributed by atoms with van der Waals surface area (Å²) in [4.78, 5) is 10.2. The van der Waals surface area contributed by atoms with Crippen LogP contribution in [0.15, 0.2) is 70.6 Å². The van der Waals surface area contributed by atoms with Crippen molar-refractivity contribution in [1.82, 2.24) is 0 Å². The van der Waals surface area contributed by atoms with Crippen molar-refractivity contribution in [2.75, 3.05) is 0 Å². The van der Waals surface area contributed by atoms with Crippen LogP contribution in [0.25, 0.3) is 0 Å². The molecule has 0 unspecified atom stereocenters. The van der Waals surface area contributed by atoms with E-state index >= 15 is 0 Å². The average Bonchev–Trinajstić information content (AvgIpc) is 2.98. The molecule has 0 aliphatic rings. The van der Waals surface area contributed by atoms with E-state index in [0.29, 0.717) is 5.56 Å². The van der Waals surface area contributed by atoms with Crippen molar-refractivity contribution in [3.63, 3.8) is 0 Å². The molecule has 4 nitrogen and oxygen atoms in total. The van der Waals surface area contributed by atoms with Crippen LogP contribution in [0, 0.1) is 6.92 Å². The summed E-state index contributed by atoms with van der Waals surface area (Å²) in [6.45, 7) is 12.5. The molecule has 0 aliphatic heterocycles. The van der Waals surface area contributed by atoms with Crippen molar-refractivity contribution in [3.05, 3.63) is 82.9 Å². The van der Waals surface area contributed by atoms with Gasteiger partial charge < -0.3 is 10.2 Å². The Bertz CT molecular complexity index is 1250. The van der Waals surface area contributed by atoms with Crippen molar-refractivity contribution in [2.24, 2.45) is 9.98 Å². The Morgan fingerprint density at radius 1 is 0.634 bits per heavy atom. The fraction of sp³-hybridized carbons (Fsp3) is 0.444. The number of aliphatic imine (C=N–C) groups is 2. The number of rotatable bonds is 13. The summed E-state index contributed by atoms with van der Waals surface area (Å²) in [5, 5.41) is 21.8. The van der Waals surface area contributed by atoms with Gasteiger partial charge in [-0.2, -0.15) is 0 Å². The summed E-state index contributed by atoms with van der Waals surface area (Å²) >= 11 is 0. The van der Waals surface area contributed by atoms with Crippen molar-refractivity contribution < 1.29 is 26.7 Å². The van der Waals surface area contributed by atoms with Crippen LogP contribution < -0.4 is 10.2 Å². The van der Waals surface area contributed by atoms with E-state index in [1.165, 1.54) is 48.6 Å². The summed E-state index contributed by atoms with van der Waals surface area (Å²) in [5.74, 6) is -0.760. The first kappa shape index (κ1) is 36.1. The molecule has 0 atom stereocenters. The molecule has 224 valence electrons. The maximum atomic E-state index is 11.0. The first-order valence-corrected chi connectivity index (χ1v) is 15.2. The van der Waals surface area contributed by atoms with Crippen molar-refractivity contribution in [3.8, 4) is 11.5 Å². The van der Waals surface area contributed by atoms with E-state index in [9.17, 15) is 10.2 Å². The molecule has 0 heterocycles. The van der Waals surface area contributed by atoms with E-state index in [2.05, 4.69) is 76.2 Å². The van der Waals surface area contributed by atoms with Crippen LogP contribution in [0.5, 0.6) is 11.5 Å². The summed E-state index contributed by atoms with van der Waals surface area (Å²) in [5.41, 5.74) is 8.68. The molecule has 0 fully saturated rings. The molecule has 0 bridgehead atoms. The molecule has 3 rings (SSSR count). The molecule has 5 heteroatoms. The van der Waals surface area contributed by atoms with Gasteiger partial charge in [-0.1, -0.05) is 95.8 Å². The number of benzene rings is 3. The fourth-order valence-corrected chi connectivity index (χ4v) is 4.51. The first-order chi connectivity index (χ1) is 19.4. The van der Waals surface area contributed by atoms with Gasteiger partial charge in [0, 0.05) is 0 Å². The zero-order valence-electron chi connectivity index (χ0n) is 25.9. The van der Waals surface area contributed by atoms with Gasteiger partial charge in [0.1, 0.15) is 0 Å². The minimum absolute atomic E-state index is 0. The third-order valence-corrected chi connectivity index (χ3v) is 7.15. The number of hydrogen-bond donors (Lipinski definition) is 0. The topological polar surface area (TPSA) is 70.8 Å². The zero-order valence-corrected chi connectivity index (χ0v) is 26.9. The minimum Gasteiger partial charge on any atom is -0.873 e. The predicted molar refractivity (Wildman–Crippen MR) is 169 cm³/mol. The van der Waals surface area contributed by atoms with Crippen molar-refractivity contribution in [2.45, 2.75) is 106 Å². The Kier molecular flexibility index (Phi) is 17.7. The molecule has 3 aromatic rings.